The number of aryl methyl sites for hydroxylation is 1. The highest BCUT2D eigenvalue weighted by molar-refractivity contribution is 6.01. The Kier molecular flexibility index (Phi) is 3.94. The molecule has 0 aliphatic carbocycles. The summed E-state index contributed by atoms with van der Waals surface area (Å²) in [5.41, 5.74) is 0.961. The molecule has 0 aromatic heterocycles. The molecule has 5 heteroatoms. The van der Waals surface area contributed by atoms with Gasteiger partial charge in [0, 0.05) is 5.56 Å². The van der Waals surface area contributed by atoms with Gasteiger partial charge in [0.25, 0.3) is 0 Å². The Morgan fingerprint density at radius 2 is 1.68 bits per heavy atom. The zero-order valence-electron chi connectivity index (χ0n) is 13.1. The molecule has 2 nitrogen and oxygen atoms in total. The summed E-state index contributed by atoms with van der Waals surface area (Å²) in [5.74, 6) is 0. The second-order valence-corrected chi connectivity index (χ2v) is 5.70. The molecule has 0 spiro atoms. The third kappa shape index (κ3) is 2.93. The summed E-state index contributed by atoms with van der Waals surface area (Å²) in [6.07, 6.45) is -4.48. The molecule has 3 aromatic carbocycles. The Labute approximate surface area is 142 Å². The van der Waals surface area contributed by atoms with Crippen molar-refractivity contribution < 1.29 is 13.2 Å². The van der Waals surface area contributed by atoms with Crippen LogP contribution in [0.4, 0.5) is 13.2 Å². The van der Waals surface area contributed by atoms with Crippen molar-refractivity contribution in [2.45, 2.75) is 13.1 Å². The Morgan fingerprint density at radius 3 is 2.32 bits per heavy atom. The zero-order chi connectivity index (χ0) is 18.2. The third-order valence-electron chi connectivity index (χ3n) is 4.01. The molecule has 0 aliphatic heterocycles. The molecule has 0 atom stereocenters. The summed E-state index contributed by atoms with van der Waals surface area (Å²) in [5, 5.41) is 20.2. The van der Waals surface area contributed by atoms with Crippen LogP contribution in [0.3, 0.4) is 0 Å². The number of hydrogen-bond acceptors (Lipinski definition) is 2. The first-order valence-corrected chi connectivity index (χ1v) is 7.40. The van der Waals surface area contributed by atoms with Crippen molar-refractivity contribution >= 4 is 10.8 Å². The maximum absolute atomic E-state index is 13.1. The van der Waals surface area contributed by atoms with E-state index in [2.05, 4.69) is 0 Å². The van der Waals surface area contributed by atoms with Gasteiger partial charge in [-0.25, -0.2) is 0 Å². The van der Waals surface area contributed by atoms with Gasteiger partial charge < -0.3 is 0 Å². The Bertz CT molecular complexity index is 1070. The molecule has 122 valence electrons. The van der Waals surface area contributed by atoms with Crippen LogP contribution in [0.15, 0.2) is 48.5 Å². The van der Waals surface area contributed by atoms with E-state index in [4.69, 9.17) is 0 Å². The molecule has 25 heavy (non-hydrogen) atoms. The quantitative estimate of drug-likeness (QED) is 0.582. The molecular formula is C20H11F3N2. The molecule has 0 radical (unpaired) electrons. The maximum Gasteiger partial charge on any atom is 0.416 e. The number of halogens is 3. The molecule has 0 unspecified atom stereocenters. The summed E-state index contributed by atoms with van der Waals surface area (Å²) in [7, 11) is 0. The highest BCUT2D eigenvalue weighted by Gasteiger charge is 2.31. The van der Waals surface area contributed by atoms with Crippen LogP contribution in [-0.2, 0) is 6.18 Å². The standard InChI is InChI=1S/C20H11F3N2/c1-12-5-6-13-8-15(10-24)18(11-25)19(17(13)7-12)14-3-2-4-16(9-14)20(21,22)23/h2-9H,1H3. The van der Waals surface area contributed by atoms with Crippen molar-refractivity contribution in [1.82, 2.24) is 0 Å². The van der Waals surface area contributed by atoms with E-state index in [-0.39, 0.29) is 16.7 Å². The van der Waals surface area contributed by atoms with E-state index >= 15 is 0 Å². The second kappa shape index (κ2) is 5.96. The van der Waals surface area contributed by atoms with Crippen molar-refractivity contribution in [1.29, 1.82) is 10.5 Å². The fraction of sp³-hybridized carbons (Fsp3) is 0.100. The molecule has 0 N–H and O–H groups in total. The summed E-state index contributed by atoms with van der Waals surface area (Å²) in [6.45, 7) is 1.86. The third-order valence-corrected chi connectivity index (χ3v) is 4.01. The van der Waals surface area contributed by atoms with Gasteiger partial charge in [0.1, 0.15) is 12.1 Å². The van der Waals surface area contributed by atoms with E-state index in [1.165, 1.54) is 12.1 Å². The number of nitriles is 2. The van der Waals surface area contributed by atoms with Crippen LogP contribution >= 0.6 is 0 Å². The lowest BCUT2D eigenvalue weighted by molar-refractivity contribution is -0.137. The van der Waals surface area contributed by atoms with Crippen molar-refractivity contribution in [2.24, 2.45) is 0 Å². The summed E-state index contributed by atoms with van der Waals surface area (Å²) >= 11 is 0. The average molecular weight is 336 g/mol. The van der Waals surface area contributed by atoms with Crippen LogP contribution < -0.4 is 0 Å². The van der Waals surface area contributed by atoms with E-state index < -0.39 is 11.7 Å². The first-order chi connectivity index (χ1) is 11.8. The van der Waals surface area contributed by atoms with E-state index in [1.54, 1.807) is 12.1 Å². The summed E-state index contributed by atoms with van der Waals surface area (Å²) < 4.78 is 39.2. The lowest BCUT2D eigenvalue weighted by Gasteiger charge is -2.14. The molecule has 0 saturated heterocycles. The van der Waals surface area contributed by atoms with Gasteiger partial charge in [-0.15, -0.1) is 0 Å². The Balaban J connectivity index is 2.45. The molecule has 0 heterocycles. The number of hydrogen-bond donors (Lipinski definition) is 0. The maximum atomic E-state index is 13.1. The SMILES string of the molecule is Cc1ccc2cc(C#N)c(C#N)c(-c3cccc(C(F)(F)F)c3)c2c1. The van der Waals surface area contributed by atoms with Crippen molar-refractivity contribution in [2.75, 3.05) is 0 Å². The molecule has 0 fully saturated rings. The minimum absolute atomic E-state index is 0.0833. The fourth-order valence-electron chi connectivity index (χ4n) is 2.86. The largest absolute Gasteiger partial charge is 0.416 e. The van der Waals surface area contributed by atoms with Crippen molar-refractivity contribution in [3.05, 3.63) is 70.8 Å². The lowest BCUT2D eigenvalue weighted by atomic mass is 9.89. The summed E-state index contributed by atoms with van der Waals surface area (Å²) in [6, 6.07) is 15.8. The van der Waals surface area contributed by atoms with Gasteiger partial charge in [0.05, 0.1) is 16.7 Å². The van der Waals surface area contributed by atoms with E-state index in [0.29, 0.717) is 16.3 Å². The lowest BCUT2D eigenvalue weighted by Crippen LogP contribution is -2.04. The van der Waals surface area contributed by atoms with Gasteiger partial charge in [-0.1, -0.05) is 35.9 Å². The molecular weight excluding hydrogens is 325 g/mol. The summed E-state index contributed by atoms with van der Waals surface area (Å²) in [4.78, 5) is 0. The van der Waals surface area contributed by atoms with Gasteiger partial charge in [-0.3, -0.25) is 0 Å². The minimum atomic E-state index is -4.48. The first-order valence-electron chi connectivity index (χ1n) is 7.40. The highest BCUT2D eigenvalue weighted by Crippen LogP contribution is 2.37. The monoisotopic (exact) mass is 336 g/mol. The Morgan fingerprint density at radius 1 is 0.920 bits per heavy atom. The number of nitrogens with zero attached hydrogens (tertiary/aromatic N) is 2. The second-order valence-electron chi connectivity index (χ2n) is 5.70. The smallest absolute Gasteiger partial charge is 0.192 e. The number of fused-ring (bicyclic) bond motifs is 1. The fourth-order valence-corrected chi connectivity index (χ4v) is 2.86. The highest BCUT2D eigenvalue weighted by atomic mass is 19.4. The first kappa shape index (κ1) is 16.5. The molecule has 0 aliphatic rings. The van der Waals surface area contributed by atoms with Gasteiger partial charge in [-0.05, 0) is 41.5 Å². The van der Waals surface area contributed by atoms with E-state index in [0.717, 1.165) is 17.7 Å². The van der Waals surface area contributed by atoms with Crippen LogP contribution in [0.5, 0.6) is 0 Å². The van der Waals surface area contributed by atoms with Crippen LogP contribution in [0.25, 0.3) is 21.9 Å². The van der Waals surface area contributed by atoms with Crippen molar-refractivity contribution in [3.63, 3.8) is 0 Å². The number of alkyl halides is 3. The molecule has 3 aromatic rings. The van der Waals surface area contributed by atoms with Gasteiger partial charge in [-0.2, -0.15) is 23.7 Å². The molecule has 3 rings (SSSR count). The zero-order valence-corrected chi connectivity index (χ0v) is 13.1. The van der Waals surface area contributed by atoms with Crippen molar-refractivity contribution in [3.8, 4) is 23.3 Å². The topological polar surface area (TPSA) is 47.6 Å². The molecule has 0 amide bonds. The van der Waals surface area contributed by atoms with Crippen LogP contribution in [0.1, 0.15) is 22.3 Å². The van der Waals surface area contributed by atoms with Gasteiger partial charge in [0.15, 0.2) is 0 Å². The normalized spacial score (nSPS) is 11.1. The van der Waals surface area contributed by atoms with Gasteiger partial charge >= 0.3 is 6.18 Å². The molecule has 0 bridgehead atoms. The van der Waals surface area contributed by atoms with Gasteiger partial charge in [0.2, 0.25) is 0 Å². The van der Waals surface area contributed by atoms with Crippen LogP contribution in [-0.4, -0.2) is 0 Å². The predicted molar refractivity (Wildman–Crippen MR) is 88.6 cm³/mol. The predicted octanol–water partition coefficient (Wildman–Crippen LogP) is 5.58. The van der Waals surface area contributed by atoms with Crippen LogP contribution in [0, 0.1) is 29.6 Å². The van der Waals surface area contributed by atoms with E-state index in [1.807, 2.05) is 31.2 Å². The number of rotatable bonds is 1. The Hall–Kier alpha value is -3.31. The average Bonchev–Trinajstić information content (AvgIpc) is 2.59. The molecule has 0 saturated carbocycles. The number of benzene rings is 3. The van der Waals surface area contributed by atoms with Crippen LogP contribution in [0.2, 0.25) is 0 Å². The minimum Gasteiger partial charge on any atom is -0.192 e. The van der Waals surface area contributed by atoms with E-state index in [9.17, 15) is 23.7 Å².